The lowest BCUT2D eigenvalue weighted by Gasteiger charge is -2.06. The van der Waals surface area contributed by atoms with Crippen LogP contribution in [0, 0.1) is 0 Å². The molecule has 3 aromatic carbocycles. The van der Waals surface area contributed by atoms with E-state index in [1.54, 1.807) is 66.2 Å². The molecular formula is C26H21N3O5S. The molecule has 176 valence electrons. The van der Waals surface area contributed by atoms with Crippen LogP contribution in [0.15, 0.2) is 99.8 Å². The molecule has 0 aliphatic rings. The van der Waals surface area contributed by atoms with Crippen LogP contribution >= 0.6 is 0 Å². The standard InChI is InChI=1S/C15H11NO3S.C11H10N2O2/c17-10-13-12-8-4-5-9-14(12)16-15(13)20(18,19)11-6-2-1-3-7-11;1-13-6-8(11(12)15)10(14)7-4-2-3-5-9(7)13/h1-10,16H;2-6H,1H3,(H2,12,15). The molecule has 0 unspecified atom stereocenters. The summed E-state index contributed by atoms with van der Waals surface area (Å²) in [5, 5.41) is 1.06. The minimum Gasteiger partial charge on any atom is -0.365 e. The molecule has 9 heteroatoms. The third kappa shape index (κ3) is 4.36. The number of carbonyl (C=O) groups excluding carboxylic acids is 2. The fourth-order valence-electron chi connectivity index (χ4n) is 3.80. The second-order valence-corrected chi connectivity index (χ2v) is 9.60. The number of aromatic amines is 1. The second-order valence-electron chi connectivity index (χ2n) is 7.71. The van der Waals surface area contributed by atoms with Crippen LogP contribution in [0.4, 0.5) is 0 Å². The first kappa shape index (κ1) is 23.7. The monoisotopic (exact) mass is 487 g/mol. The average Bonchev–Trinajstić information content (AvgIpc) is 3.27. The number of pyridine rings is 1. The number of fused-ring (bicyclic) bond motifs is 2. The Morgan fingerprint density at radius 2 is 1.51 bits per heavy atom. The first-order valence-corrected chi connectivity index (χ1v) is 12.0. The number of carbonyl (C=O) groups is 2. The summed E-state index contributed by atoms with van der Waals surface area (Å²) in [6.45, 7) is 0. The molecule has 3 N–H and O–H groups in total. The van der Waals surface area contributed by atoms with Gasteiger partial charge in [-0.3, -0.25) is 14.4 Å². The van der Waals surface area contributed by atoms with Gasteiger partial charge < -0.3 is 15.3 Å². The maximum absolute atomic E-state index is 12.6. The Hall–Kier alpha value is -4.50. The number of aryl methyl sites for hydroxylation is 1. The number of para-hydroxylation sites is 2. The van der Waals surface area contributed by atoms with Crippen LogP contribution in [0.25, 0.3) is 21.8 Å². The van der Waals surface area contributed by atoms with Crippen molar-refractivity contribution in [3.63, 3.8) is 0 Å². The Bertz CT molecular complexity index is 1740. The molecule has 0 bridgehead atoms. The zero-order valence-electron chi connectivity index (χ0n) is 18.6. The SMILES string of the molecule is Cn1cc(C(N)=O)c(=O)c2ccccc21.O=Cc1c(S(=O)(=O)c2ccccc2)[nH]c2ccccc12. The summed E-state index contributed by atoms with van der Waals surface area (Å²) in [5.74, 6) is -0.693. The highest BCUT2D eigenvalue weighted by Gasteiger charge is 2.24. The molecule has 0 saturated carbocycles. The van der Waals surface area contributed by atoms with Gasteiger partial charge in [0.1, 0.15) is 10.6 Å². The van der Waals surface area contributed by atoms with Gasteiger partial charge in [0, 0.05) is 29.5 Å². The van der Waals surface area contributed by atoms with E-state index < -0.39 is 15.7 Å². The van der Waals surface area contributed by atoms with Crippen molar-refractivity contribution in [2.24, 2.45) is 12.8 Å². The number of H-pyrrole nitrogens is 1. The molecule has 2 aromatic heterocycles. The average molecular weight is 488 g/mol. The number of hydrogen-bond donors (Lipinski definition) is 2. The zero-order valence-corrected chi connectivity index (χ0v) is 19.5. The molecule has 0 aliphatic heterocycles. The fourth-order valence-corrected chi connectivity index (χ4v) is 5.24. The van der Waals surface area contributed by atoms with Gasteiger partial charge in [0.15, 0.2) is 6.29 Å². The fraction of sp³-hybridized carbons (Fsp3) is 0.0385. The quantitative estimate of drug-likeness (QED) is 0.375. The summed E-state index contributed by atoms with van der Waals surface area (Å²) in [6, 6.07) is 22.2. The Kier molecular flexibility index (Phi) is 6.35. The van der Waals surface area contributed by atoms with Crippen molar-refractivity contribution in [1.82, 2.24) is 9.55 Å². The van der Waals surface area contributed by atoms with Gasteiger partial charge in [-0.05, 0) is 30.3 Å². The number of nitrogens with one attached hydrogen (secondary N) is 1. The number of nitrogens with zero attached hydrogens (tertiary/aromatic N) is 1. The molecule has 0 atom stereocenters. The highest BCUT2D eigenvalue weighted by molar-refractivity contribution is 7.91. The Morgan fingerprint density at radius 3 is 2.17 bits per heavy atom. The highest BCUT2D eigenvalue weighted by Crippen LogP contribution is 2.28. The van der Waals surface area contributed by atoms with Gasteiger partial charge in [-0.25, -0.2) is 8.42 Å². The molecular weight excluding hydrogens is 466 g/mol. The Labute approximate surface area is 200 Å². The summed E-state index contributed by atoms with van der Waals surface area (Å²) in [5.41, 5.74) is 6.42. The molecule has 0 fully saturated rings. The van der Waals surface area contributed by atoms with Crippen molar-refractivity contribution >= 4 is 43.8 Å². The van der Waals surface area contributed by atoms with Gasteiger partial charge in [0.25, 0.3) is 5.91 Å². The summed E-state index contributed by atoms with van der Waals surface area (Å²) in [4.78, 5) is 37.1. The third-order valence-electron chi connectivity index (χ3n) is 5.51. The molecule has 0 saturated heterocycles. The maximum atomic E-state index is 12.6. The van der Waals surface area contributed by atoms with Crippen molar-refractivity contribution in [3.05, 3.63) is 106 Å². The molecule has 5 aromatic rings. The molecule has 0 radical (unpaired) electrons. The topological polar surface area (TPSA) is 132 Å². The summed E-state index contributed by atoms with van der Waals surface area (Å²) in [6.07, 6.45) is 2.04. The Balaban J connectivity index is 0.000000172. The van der Waals surface area contributed by atoms with Gasteiger partial charge in [0.2, 0.25) is 15.3 Å². The predicted octanol–water partition coefficient (Wildman–Crippen LogP) is 3.45. The Morgan fingerprint density at radius 1 is 0.914 bits per heavy atom. The van der Waals surface area contributed by atoms with E-state index in [2.05, 4.69) is 4.98 Å². The van der Waals surface area contributed by atoms with E-state index in [9.17, 15) is 22.8 Å². The normalized spacial score (nSPS) is 11.1. The van der Waals surface area contributed by atoms with Crippen molar-refractivity contribution in [2.75, 3.05) is 0 Å². The van der Waals surface area contributed by atoms with Crippen molar-refractivity contribution < 1.29 is 18.0 Å². The number of sulfone groups is 1. The number of hydrogen-bond acceptors (Lipinski definition) is 5. The van der Waals surface area contributed by atoms with Crippen molar-refractivity contribution in [1.29, 1.82) is 0 Å². The number of benzene rings is 3. The van der Waals surface area contributed by atoms with E-state index in [4.69, 9.17) is 5.73 Å². The van der Waals surface area contributed by atoms with Crippen LogP contribution < -0.4 is 11.2 Å². The van der Waals surface area contributed by atoms with E-state index in [1.807, 2.05) is 12.1 Å². The smallest absolute Gasteiger partial charge is 0.254 e. The summed E-state index contributed by atoms with van der Waals surface area (Å²) in [7, 11) is -1.96. The first-order valence-electron chi connectivity index (χ1n) is 10.5. The van der Waals surface area contributed by atoms with Crippen LogP contribution in [0.3, 0.4) is 0 Å². The number of aldehydes is 1. The van der Waals surface area contributed by atoms with Gasteiger partial charge in [0.05, 0.1) is 16.0 Å². The van der Waals surface area contributed by atoms with Crippen LogP contribution in [0.5, 0.6) is 0 Å². The molecule has 1 amide bonds. The lowest BCUT2D eigenvalue weighted by atomic mass is 10.1. The molecule has 5 rings (SSSR count). The van der Waals surface area contributed by atoms with Crippen molar-refractivity contribution in [3.8, 4) is 0 Å². The molecule has 35 heavy (non-hydrogen) atoms. The van der Waals surface area contributed by atoms with E-state index in [-0.39, 0.29) is 26.5 Å². The molecule has 0 spiro atoms. The lowest BCUT2D eigenvalue weighted by Crippen LogP contribution is -2.23. The largest absolute Gasteiger partial charge is 0.365 e. The molecule has 2 heterocycles. The molecule has 8 nitrogen and oxygen atoms in total. The maximum Gasteiger partial charge on any atom is 0.254 e. The van der Waals surface area contributed by atoms with E-state index in [0.29, 0.717) is 22.6 Å². The van der Waals surface area contributed by atoms with Crippen LogP contribution in [0.1, 0.15) is 20.7 Å². The van der Waals surface area contributed by atoms with E-state index in [1.165, 1.54) is 18.3 Å². The molecule has 0 aliphatic carbocycles. The van der Waals surface area contributed by atoms with Crippen molar-refractivity contribution in [2.45, 2.75) is 9.92 Å². The summed E-state index contributed by atoms with van der Waals surface area (Å²) >= 11 is 0. The highest BCUT2D eigenvalue weighted by atomic mass is 32.2. The van der Waals surface area contributed by atoms with Gasteiger partial charge in [-0.2, -0.15) is 0 Å². The van der Waals surface area contributed by atoms with Gasteiger partial charge in [-0.15, -0.1) is 0 Å². The van der Waals surface area contributed by atoms with Crippen LogP contribution in [-0.2, 0) is 16.9 Å². The predicted molar refractivity (Wildman–Crippen MR) is 133 cm³/mol. The number of nitrogens with two attached hydrogens (primary N) is 1. The lowest BCUT2D eigenvalue weighted by molar-refractivity contribution is 0.0998. The number of amides is 1. The van der Waals surface area contributed by atoms with Crippen LogP contribution in [-0.4, -0.2) is 30.2 Å². The van der Waals surface area contributed by atoms with E-state index in [0.717, 1.165) is 5.52 Å². The number of aromatic nitrogens is 2. The number of primary amides is 1. The van der Waals surface area contributed by atoms with Gasteiger partial charge >= 0.3 is 0 Å². The van der Waals surface area contributed by atoms with Crippen LogP contribution in [0.2, 0.25) is 0 Å². The second kappa shape index (κ2) is 9.40. The first-order chi connectivity index (χ1) is 16.8. The minimum absolute atomic E-state index is 0.0243. The minimum atomic E-state index is -3.73. The van der Waals surface area contributed by atoms with Gasteiger partial charge in [-0.1, -0.05) is 48.5 Å². The van der Waals surface area contributed by atoms with E-state index >= 15 is 0 Å². The zero-order chi connectivity index (χ0) is 25.2. The number of rotatable bonds is 4. The summed E-state index contributed by atoms with van der Waals surface area (Å²) < 4.78 is 26.9. The third-order valence-corrected chi connectivity index (χ3v) is 7.26.